The van der Waals surface area contributed by atoms with Crippen molar-refractivity contribution in [1.29, 1.82) is 0 Å². The molecule has 0 saturated carbocycles. The van der Waals surface area contributed by atoms with Crippen molar-refractivity contribution in [3.8, 4) is 0 Å². The molecule has 0 radical (unpaired) electrons. The van der Waals surface area contributed by atoms with E-state index in [0.29, 0.717) is 18.4 Å². The normalized spacial score (nSPS) is 11.0. The van der Waals surface area contributed by atoms with Gasteiger partial charge in [0.05, 0.1) is 6.54 Å². The maximum absolute atomic E-state index is 5.35. The van der Waals surface area contributed by atoms with E-state index in [2.05, 4.69) is 24.0 Å². The molecule has 68 valence electrons. The zero-order valence-corrected chi connectivity index (χ0v) is 7.58. The fourth-order valence-electron chi connectivity index (χ4n) is 1.15. The van der Waals surface area contributed by atoms with E-state index in [1.165, 1.54) is 0 Å². The fraction of sp³-hybridized carbons (Fsp3) is 0.750. The maximum atomic E-state index is 5.35. The van der Waals surface area contributed by atoms with Gasteiger partial charge >= 0.3 is 0 Å². The first-order valence-electron chi connectivity index (χ1n) is 4.34. The molecule has 1 rings (SSSR count). The number of aromatic nitrogens is 2. The minimum absolute atomic E-state index is 0.327. The van der Waals surface area contributed by atoms with E-state index >= 15 is 0 Å². The highest BCUT2D eigenvalue weighted by atomic mass is 16.4. The van der Waals surface area contributed by atoms with Crippen LogP contribution in [0.15, 0.2) is 4.42 Å². The summed E-state index contributed by atoms with van der Waals surface area (Å²) >= 11 is 0. The topological polar surface area (TPSA) is 64.9 Å². The van der Waals surface area contributed by atoms with Crippen LogP contribution < -0.4 is 5.73 Å². The lowest BCUT2D eigenvalue weighted by molar-refractivity contribution is 0.405. The quantitative estimate of drug-likeness (QED) is 0.740. The van der Waals surface area contributed by atoms with Gasteiger partial charge in [-0.2, -0.15) is 0 Å². The first-order valence-corrected chi connectivity index (χ1v) is 4.34. The van der Waals surface area contributed by atoms with Crippen LogP contribution in [0.4, 0.5) is 0 Å². The highest BCUT2D eigenvalue weighted by Gasteiger charge is 2.13. The molecule has 0 spiro atoms. The van der Waals surface area contributed by atoms with Crippen molar-refractivity contribution in [2.24, 2.45) is 5.73 Å². The molecule has 0 unspecified atom stereocenters. The lowest BCUT2D eigenvalue weighted by Gasteiger charge is -2.04. The van der Waals surface area contributed by atoms with Gasteiger partial charge in [-0.05, 0) is 12.8 Å². The number of nitrogens with zero attached hydrogens (tertiary/aromatic N) is 2. The van der Waals surface area contributed by atoms with Gasteiger partial charge in [0.2, 0.25) is 11.8 Å². The molecule has 0 aliphatic heterocycles. The van der Waals surface area contributed by atoms with Crippen LogP contribution in [0.1, 0.15) is 44.4 Å². The standard InChI is InChI=1S/C8H15N3O/c1-3-6(4-2)8-11-10-7(5-9)12-8/h6H,3-5,9H2,1-2H3. The predicted octanol–water partition coefficient (Wildman–Crippen LogP) is 1.43. The predicted molar refractivity (Wildman–Crippen MR) is 45.5 cm³/mol. The first-order chi connectivity index (χ1) is 5.81. The van der Waals surface area contributed by atoms with Gasteiger partial charge in [-0.3, -0.25) is 0 Å². The Morgan fingerprint density at radius 3 is 2.42 bits per heavy atom. The van der Waals surface area contributed by atoms with Crippen molar-refractivity contribution in [3.63, 3.8) is 0 Å². The van der Waals surface area contributed by atoms with Crippen molar-refractivity contribution in [3.05, 3.63) is 11.8 Å². The Morgan fingerprint density at radius 1 is 1.33 bits per heavy atom. The average Bonchev–Trinajstić information content (AvgIpc) is 2.55. The SMILES string of the molecule is CCC(CC)c1nnc(CN)o1. The minimum atomic E-state index is 0.327. The third kappa shape index (κ3) is 1.82. The van der Waals surface area contributed by atoms with Crippen molar-refractivity contribution < 1.29 is 4.42 Å². The lowest BCUT2D eigenvalue weighted by atomic mass is 10.0. The van der Waals surface area contributed by atoms with Crippen molar-refractivity contribution in [2.45, 2.75) is 39.2 Å². The Kier molecular flexibility index (Phi) is 3.22. The van der Waals surface area contributed by atoms with E-state index in [1.807, 2.05) is 0 Å². The van der Waals surface area contributed by atoms with Crippen LogP contribution in [0, 0.1) is 0 Å². The van der Waals surface area contributed by atoms with Crippen molar-refractivity contribution >= 4 is 0 Å². The van der Waals surface area contributed by atoms with Crippen molar-refractivity contribution in [2.75, 3.05) is 0 Å². The van der Waals surface area contributed by atoms with Gasteiger partial charge in [0.15, 0.2) is 0 Å². The number of nitrogens with two attached hydrogens (primary N) is 1. The second-order valence-electron chi connectivity index (χ2n) is 2.75. The van der Waals surface area contributed by atoms with Crippen LogP contribution in [-0.4, -0.2) is 10.2 Å². The molecular formula is C8H15N3O. The van der Waals surface area contributed by atoms with Gasteiger partial charge in [-0.15, -0.1) is 10.2 Å². The fourth-order valence-corrected chi connectivity index (χ4v) is 1.15. The Labute approximate surface area is 72.2 Å². The lowest BCUT2D eigenvalue weighted by Crippen LogP contribution is -1.96. The molecule has 2 N–H and O–H groups in total. The van der Waals surface area contributed by atoms with Crippen molar-refractivity contribution in [1.82, 2.24) is 10.2 Å². The average molecular weight is 169 g/mol. The van der Waals surface area contributed by atoms with E-state index in [0.717, 1.165) is 18.7 Å². The van der Waals surface area contributed by atoms with Crippen LogP contribution in [0.25, 0.3) is 0 Å². The summed E-state index contributed by atoms with van der Waals surface area (Å²) in [5.74, 6) is 1.63. The zero-order chi connectivity index (χ0) is 8.97. The van der Waals surface area contributed by atoms with E-state index in [9.17, 15) is 0 Å². The number of rotatable bonds is 4. The van der Waals surface area contributed by atoms with Gasteiger partial charge < -0.3 is 10.2 Å². The summed E-state index contributed by atoms with van der Waals surface area (Å²) in [5.41, 5.74) is 5.35. The van der Waals surface area contributed by atoms with Gasteiger partial charge in [0.1, 0.15) is 0 Å². The third-order valence-electron chi connectivity index (χ3n) is 1.99. The number of hydrogen-bond donors (Lipinski definition) is 1. The smallest absolute Gasteiger partial charge is 0.230 e. The molecule has 0 aliphatic rings. The first kappa shape index (κ1) is 9.19. The van der Waals surface area contributed by atoms with Crippen LogP contribution in [-0.2, 0) is 6.54 Å². The second-order valence-corrected chi connectivity index (χ2v) is 2.75. The van der Waals surface area contributed by atoms with Gasteiger partial charge in [-0.1, -0.05) is 13.8 Å². The summed E-state index contributed by atoms with van der Waals surface area (Å²) in [4.78, 5) is 0. The minimum Gasteiger partial charge on any atom is -0.424 e. The Morgan fingerprint density at radius 2 is 2.00 bits per heavy atom. The molecule has 0 fully saturated rings. The van der Waals surface area contributed by atoms with E-state index in [4.69, 9.17) is 10.2 Å². The summed E-state index contributed by atoms with van der Waals surface area (Å²) in [6.45, 7) is 4.55. The molecule has 0 atom stereocenters. The summed E-state index contributed by atoms with van der Waals surface area (Å²) in [5, 5.41) is 7.74. The summed E-state index contributed by atoms with van der Waals surface area (Å²) in [6, 6.07) is 0. The Balaban J connectivity index is 2.72. The highest BCUT2D eigenvalue weighted by Crippen LogP contribution is 2.20. The summed E-state index contributed by atoms with van der Waals surface area (Å²) < 4.78 is 5.33. The van der Waals surface area contributed by atoms with Crippen LogP contribution in [0.3, 0.4) is 0 Å². The molecule has 0 aliphatic carbocycles. The van der Waals surface area contributed by atoms with E-state index in [-0.39, 0.29) is 0 Å². The number of hydrogen-bond acceptors (Lipinski definition) is 4. The molecule has 4 heteroatoms. The molecular weight excluding hydrogens is 154 g/mol. The van der Waals surface area contributed by atoms with Crippen LogP contribution >= 0.6 is 0 Å². The highest BCUT2D eigenvalue weighted by molar-refractivity contribution is 4.89. The molecule has 1 aromatic rings. The Bertz CT molecular complexity index is 230. The van der Waals surface area contributed by atoms with Gasteiger partial charge in [-0.25, -0.2) is 0 Å². The third-order valence-corrected chi connectivity index (χ3v) is 1.99. The molecule has 1 aromatic heterocycles. The molecule has 0 saturated heterocycles. The van der Waals surface area contributed by atoms with Gasteiger partial charge in [0, 0.05) is 5.92 Å². The zero-order valence-electron chi connectivity index (χ0n) is 7.58. The second kappa shape index (κ2) is 4.21. The Hall–Kier alpha value is -0.900. The molecule has 0 aromatic carbocycles. The van der Waals surface area contributed by atoms with Crippen LogP contribution in [0.2, 0.25) is 0 Å². The van der Waals surface area contributed by atoms with Gasteiger partial charge in [0.25, 0.3) is 0 Å². The monoisotopic (exact) mass is 169 g/mol. The largest absolute Gasteiger partial charge is 0.424 e. The molecule has 0 bridgehead atoms. The summed E-state index contributed by atoms with van der Waals surface area (Å²) in [6.07, 6.45) is 2.06. The molecule has 0 amide bonds. The molecule has 1 heterocycles. The molecule has 12 heavy (non-hydrogen) atoms. The van der Waals surface area contributed by atoms with E-state index < -0.39 is 0 Å². The summed E-state index contributed by atoms with van der Waals surface area (Å²) in [7, 11) is 0. The molecule has 4 nitrogen and oxygen atoms in total. The van der Waals surface area contributed by atoms with E-state index in [1.54, 1.807) is 0 Å². The van der Waals surface area contributed by atoms with Crippen LogP contribution in [0.5, 0.6) is 0 Å². The maximum Gasteiger partial charge on any atom is 0.230 e.